The Morgan fingerprint density at radius 3 is 2.45 bits per heavy atom. The molecule has 0 saturated heterocycles. The van der Waals surface area contributed by atoms with Gasteiger partial charge in [-0.3, -0.25) is 0 Å². The molecule has 2 nitrogen and oxygen atoms in total. The van der Waals surface area contributed by atoms with E-state index in [4.69, 9.17) is 4.74 Å². The van der Waals surface area contributed by atoms with Gasteiger partial charge in [-0.05, 0) is 36.9 Å². The quantitative estimate of drug-likeness (QED) is 0.905. The molecule has 0 spiro atoms. The van der Waals surface area contributed by atoms with Gasteiger partial charge in [-0.2, -0.15) is 0 Å². The molecule has 106 valence electrons. The van der Waals surface area contributed by atoms with E-state index < -0.39 is 11.9 Å². The summed E-state index contributed by atoms with van der Waals surface area (Å²) in [4.78, 5) is 0. The minimum Gasteiger partial charge on any atom is -0.494 e. The van der Waals surface area contributed by atoms with Crippen molar-refractivity contribution in [3.63, 3.8) is 0 Å². The van der Waals surface area contributed by atoms with Gasteiger partial charge in [-0.25, -0.2) is 8.78 Å². The van der Waals surface area contributed by atoms with Gasteiger partial charge in [0.1, 0.15) is 5.82 Å². The Labute approximate surface area is 124 Å². The van der Waals surface area contributed by atoms with Gasteiger partial charge >= 0.3 is 0 Å². The van der Waals surface area contributed by atoms with E-state index in [1.54, 1.807) is 25.2 Å². The van der Waals surface area contributed by atoms with Crippen LogP contribution in [0.5, 0.6) is 5.75 Å². The van der Waals surface area contributed by atoms with Crippen LogP contribution in [0.15, 0.2) is 40.9 Å². The standard InChI is InChI=1S/C15H14BrF2NO/c1-19-15(14-10(16)4-3-5-11(14)17)9-6-7-13(20-2)12(18)8-9/h3-8,15,19H,1-2H3. The van der Waals surface area contributed by atoms with Crippen molar-refractivity contribution in [2.45, 2.75) is 6.04 Å². The topological polar surface area (TPSA) is 21.3 Å². The van der Waals surface area contributed by atoms with Crippen molar-refractivity contribution in [2.75, 3.05) is 14.2 Å². The van der Waals surface area contributed by atoms with Crippen LogP contribution in [0.1, 0.15) is 17.2 Å². The zero-order chi connectivity index (χ0) is 14.7. The van der Waals surface area contributed by atoms with Crippen molar-refractivity contribution in [2.24, 2.45) is 0 Å². The van der Waals surface area contributed by atoms with Gasteiger partial charge in [0, 0.05) is 10.0 Å². The van der Waals surface area contributed by atoms with E-state index in [-0.39, 0.29) is 11.6 Å². The fraction of sp³-hybridized carbons (Fsp3) is 0.200. The summed E-state index contributed by atoms with van der Waals surface area (Å²) in [7, 11) is 3.10. The minimum atomic E-state index is -0.474. The second-order valence-electron chi connectivity index (χ2n) is 4.25. The Kier molecular flexibility index (Phi) is 4.73. The Morgan fingerprint density at radius 1 is 1.15 bits per heavy atom. The summed E-state index contributed by atoms with van der Waals surface area (Å²) in [6.45, 7) is 0. The lowest BCUT2D eigenvalue weighted by Gasteiger charge is -2.20. The van der Waals surface area contributed by atoms with Crippen molar-refractivity contribution < 1.29 is 13.5 Å². The molecule has 0 aromatic heterocycles. The molecule has 2 rings (SSSR count). The highest BCUT2D eigenvalue weighted by Gasteiger charge is 2.20. The number of nitrogens with one attached hydrogen (secondary N) is 1. The second-order valence-corrected chi connectivity index (χ2v) is 5.11. The molecule has 1 N–H and O–H groups in total. The van der Waals surface area contributed by atoms with E-state index in [1.807, 2.05) is 0 Å². The van der Waals surface area contributed by atoms with E-state index in [0.717, 1.165) is 0 Å². The molecule has 0 saturated carbocycles. The lowest BCUT2D eigenvalue weighted by Crippen LogP contribution is -2.19. The molecule has 0 aliphatic heterocycles. The van der Waals surface area contributed by atoms with Crippen molar-refractivity contribution in [3.8, 4) is 5.75 Å². The van der Waals surface area contributed by atoms with E-state index in [1.165, 1.54) is 25.3 Å². The number of ether oxygens (including phenoxy) is 1. The van der Waals surface area contributed by atoms with Crippen LogP contribution in [0.3, 0.4) is 0 Å². The Balaban J connectivity index is 2.50. The first kappa shape index (κ1) is 14.9. The molecule has 0 radical (unpaired) electrons. The van der Waals surface area contributed by atoms with Crippen molar-refractivity contribution in [3.05, 3.63) is 63.6 Å². The second kappa shape index (κ2) is 6.33. The van der Waals surface area contributed by atoms with Crippen molar-refractivity contribution in [1.82, 2.24) is 5.32 Å². The number of rotatable bonds is 4. The smallest absolute Gasteiger partial charge is 0.165 e. The van der Waals surface area contributed by atoms with Crippen LogP contribution in [0, 0.1) is 11.6 Å². The van der Waals surface area contributed by atoms with Crippen LogP contribution in [-0.2, 0) is 0 Å². The Morgan fingerprint density at radius 2 is 1.90 bits per heavy atom. The van der Waals surface area contributed by atoms with Crippen molar-refractivity contribution >= 4 is 15.9 Å². The summed E-state index contributed by atoms with van der Waals surface area (Å²) in [6, 6.07) is 8.88. The number of methoxy groups -OCH3 is 1. The maximum absolute atomic E-state index is 14.0. The molecule has 2 aromatic carbocycles. The number of hydrogen-bond acceptors (Lipinski definition) is 2. The van der Waals surface area contributed by atoms with E-state index in [9.17, 15) is 8.78 Å². The van der Waals surface area contributed by atoms with Gasteiger partial charge in [0.2, 0.25) is 0 Å². The third-order valence-electron chi connectivity index (χ3n) is 3.09. The van der Waals surface area contributed by atoms with Crippen LogP contribution < -0.4 is 10.1 Å². The zero-order valence-corrected chi connectivity index (χ0v) is 12.7. The third kappa shape index (κ3) is 2.83. The van der Waals surface area contributed by atoms with Crippen LogP contribution in [0.4, 0.5) is 8.78 Å². The molecule has 20 heavy (non-hydrogen) atoms. The van der Waals surface area contributed by atoms with E-state index >= 15 is 0 Å². The normalized spacial score (nSPS) is 12.2. The Hall–Kier alpha value is -1.46. The summed E-state index contributed by atoms with van der Waals surface area (Å²) < 4.78 is 33.4. The fourth-order valence-corrected chi connectivity index (χ4v) is 2.70. The highest BCUT2D eigenvalue weighted by molar-refractivity contribution is 9.10. The summed E-state index contributed by atoms with van der Waals surface area (Å²) in [6.07, 6.45) is 0. The first-order chi connectivity index (χ1) is 9.58. The molecule has 5 heteroatoms. The molecule has 0 amide bonds. The number of halogens is 3. The predicted molar refractivity (Wildman–Crippen MR) is 78.0 cm³/mol. The van der Waals surface area contributed by atoms with Gasteiger partial charge in [0.15, 0.2) is 11.6 Å². The van der Waals surface area contributed by atoms with E-state index in [0.29, 0.717) is 15.6 Å². The SMILES string of the molecule is CNC(c1ccc(OC)c(F)c1)c1c(F)cccc1Br. The molecule has 2 aromatic rings. The lowest BCUT2D eigenvalue weighted by molar-refractivity contribution is 0.386. The first-order valence-corrected chi connectivity index (χ1v) is 6.82. The van der Waals surface area contributed by atoms with Gasteiger partial charge in [-0.1, -0.05) is 28.1 Å². The van der Waals surface area contributed by atoms with Gasteiger partial charge < -0.3 is 10.1 Å². The maximum Gasteiger partial charge on any atom is 0.165 e. The highest BCUT2D eigenvalue weighted by atomic mass is 79.9. The molecule has 0 aliphatic rings. The molecule has 0 heterocycles. The molecular formula is C15H14BrF2NO. The summed E-state index contributed by atoms with van der Waals surface area (Å²) in [5, 5.41) is 3.00. The van der Waals surface area contributed by atoms with Crippen LogP contribution in [0.25, 0.3) is 0 Å². The predicted octanol–water partition coefficient (Wildman–Crippen LogP) is 4.04. The largest absolute Gasteiger partial charge is 0.494 e. The summed E-state index contributed by atoms with van der Waals surface area (Å²) >= 11 is 3.33. The molecule has 0 bridgehead atoms. The summed E-state index contributed by atoms with van der Waals surface area (Å²) in [5.74, 6) is -0.663. The monoisotopic (exact) mass is 341 g/mol. The van der Waals surface area contributed by atoms with Gasteiger partial charge in [0.05, 0.1) is 13.2 Å². The Bertz CT molecular complexity index is 599. The molecule has 1 atom stereocenters. The molecule has 1 unspecified atom stereocenters. The molecule has 0 fully saturated rings. The van der Waals surface area contributed by atoms with Crippen LogP contribution in [0.2, 0.25) is 0 Å². The molecule has 0 aliphatic carbocycles. The van der Waals surface area contributed by atoms with Crippen molar-refractivity contribution in [1.29, 1.82) is 0 Å². The summed E-state index contributed by atoms with van der Waals surface area (Å²) in [5.41, 5.74) is 1.07. The van der Waals surface area contributed by atoms with Crippen LogP contribution in [-0.4, -0.2) is 14.2 Å². The zero-order valence-electron chi connectivity index (χ0n) is 11.1. The number of benzene rings is 2. The fourth-order valence-electron chi connectivity index (χ4n) is 2.13. The van der Waals surface area contributed by atoms with Gasteiger partial charge in [-0.15, -0.1) is 0 Å². The molecular weight excluding hydrogens is 328 g/mol. The average Bonchev–Trinajstić information content (AvgIpc) is 2.43. The first-order valence-electron chi connectivity index (χ1n) is 6.03. The third-order valence-corrected chi connectivity index (χ3v) is 3.78. The highest BCUT2D eigenvalue weighted by Crippen LogP contribution is 2.32. The maximum atomic E-state index is 14.0. The minimum absolute atomic E-state index is 0.163. The lowest BCUT2D eigenvalue weighted by atomic mass is 9.98. The average molecular weight is 342 g/mol. The number of hydrogen-bond donors (Lipinski definition) is 1. The van der Waals surface area contributed by atoms with Crippen LogP contribution >= 0.6 is 15.9 Å². The van der Waals surface area contributed by atoms with E-state index in [2.05, 4.69) is 21.2 Å². The van der Waals surface area contributed by atoms with Gasteiger partial charge in [0.25, 0.3) is 0 Å².